The third-order valence-electron chi connectivity index (χ3n) is 4.42. The largest absolute Gasteiger partial charge is 0.368 e. The van der Waals surface area contributed by atoms with Gasteiger partial charge in [-0.15, -0.1) is 0 Å². The molecule has 3 nitrogen and oxygen atoms in total. The van der Waals surface area contributed by atoms with Crippen LogP contribution in [0.4, 0.5) is 0 Å². The molecular formula is C13H26N2O. The molecule has 2 saturated heterocycles. The summed E-state index contributed by atoms with van der Waals surface area (Å²) in [6.45, 7) is 11.8. The molecular weight excluding hydrogens is 200 g/mol. The van der Waals surface area contributed by atoms with Crippen LogP contribution in [-0.4, -0.2) is 41.3 Å². The maximum Gasteiger partial charge on any atom is 0.0830 e. The molecule has 2 fully saturated rings. The van der Waals surface area contributed by atoms with Gasteiger partial charge in [-0.2, -0.15) is 0 Å². The van der Waals surface area contributed by atoms with E-state index in [1.54, 1.807) is 0 Å². The first-order valence-corrected chi connectivity index (χ1v) is 6.48. The maximum absolute atomic E-state index is 6.23. The lowest BCUT2D eigenvalue weighted by atomic mass is 9.77. The smallest absolute Gasteiger partial charge is 0.0830 e. The van der Waals surface area contributed by atoms with Crippen LogP contribution < -0.4 is 5.73 Å². The summed E-state index contributed by atoms with van der Waals surface area (Å²) in [6.07, 6.45) is 3.65. The van der Waals surface area contributed by atoms with Crippen molar-refractivity contribution in [3.63, 3.8) is 0 Å². The van der Waals surface area contributed by atoms with Crippen LogP contribution in [0.15, 0.2) is 0 Å². The normalized spacial score (nSPS) is 38.1. The quantitative estimate of drug-likeness (QED) is 0.779. The number of rotatable bonds is 2. The monoisotopic (exact) mass is 226 g/mol. The van der Waals surface area contributed by atoms with E-state index >= 15 is 0 Å². The topological polar surface area (TPSA) is 38.5 Å². The van der Waals surface area contributed by atoms with Gasteiger partial charge in [-0.05, 0) is 60.0 Å². The molecule has 2 N–H and O–H groups in total. The molecule has 0 amide bonds. The van der Waals surface area contributed by atoms with Crippen LogP contribution >= 0.6 is 0 Å². The van der Waals surface area contributed by atoms with Gasteiger partial charge in [0.25, 0.3) is 0 Å². The summed E-state index contributed by atoms with van der Waals surface area (Å²) in [4.78, 5) is 2.57. The van der Waals surface area contributed by atoms with Crippen molar-refractivity contribution in [1.82, 2.24) is 4.90 Å². The van der Waals surface area contributed by atoms with Gasteiger partial charge in [0.15, 0.2) is 0 Å². The molecule has 94 valence electrons. The second-order valence-corrected chi connectivity index (χ2v) is 6.48. The van der Waals surface area contributed by atoms with Crippen molar-refractivity contribution in [2.24, 2.45) is 5.73 Å². The fourth-order valence-electron chi connectivity index (χ4n) is 3.82. The molecule has 0 saturated carbocycles. The highest BCUT2D eigenvalue weighted by atomic mass is 16.5. The lowest BCUT2D eigenvalue weighted by Gasteiger charge is -2.46. The zero-order valence-electron chi connectivity index (χ0n) is 11.2. The Kier molecular flexibility index (Phi) is 2.84. The van der Waals surface area contributed by atoms with E-state index in [4.69, 9.17) is 10.5 Å². The molecule has 0 aromatic carbocycles. The predicted octanol–water partition coefficient (Wildman–Crippen LogP) is 1.76. The van der Waals surface area contributed by atoms with E-state index in [1.807, 2.05) is 0 Å². The minimum absolute atomic E-state index is 0.0347. The standard InChI is InChI=1S/C13H26N2O/c1-11(2)9-13(10-14,12(3,4)16-11)15-7-5-6-8-15/h5-10,14H2,1-4H3. The minimum atomic E-state index is -0.143. The van der Waals surface area contributed by atoms with Crippen LogP contribution in [0, 0.1) is 0 Å². The lowest BCUT2D eigenvalue weighted by molar-refractivity contribution is -0.100. The number of ether oxygens (including phenoxy) is 1. The minimum Gasteiger partial charge on any atom is -0.368 e. The third-order valence-corrected chi connectivity index (χ3v) is 4.42. The van der Waals surface area contributed by atoms with Crippen molar-refractivity contribution in [2.75, 3.05) is 19.6 Å². The van der Waals surface area contributed by atoms with Gasteiger partial charge < -0.3 is 10.5 Å². The molecule has 0 radical (unpaired) electrons. The van der Waals surface area contributed by atoms with E-state index in [9.17, 15) is 0 Å². The molecule has 0 spiro atoms. The van der Waals surface area contributed by atoms with Crippen LogP contribution in [-0.2, 0) is 4.74 Å². The zero-order valence-corrected chi connectivity index (χ0v) is 11.2. The summed E-state index contributed by atoms with van der Waals surface area (Å²) in [5.41, 5.74) is 5.96. The van der Waals surface area contributed by atoms with Crippen molar-refractivity contribution in [2.45, 2.75) is 63.7 Å². The number of nitrogens with two attached hydrogens (primary N) is 1. The Labute approximate surface area is 99.3 Å². The van der Waals surface area contributed by atoms with Gasteiger partial charge in [0, 0.05) is 6.54 Å². The second kappa shape index (κ2) is 3.69. The number of likely N-dealkylation sites (tertiary alicyclic amines) is 1. The molecule has 16 heavy (non-hydrogen) atoms. The van der Waals surface area contributed by atoms with Gasteiger partial charge in [0.1, 0.15) is 0 Å². The van der Waals surface area contributed by atoms with E-state index < -0.39 is 0 Å². The molecule has 1 atom stereocenters. The Hall–Kier alpha value is -0.120. The van der Waals surface area contributed by atoms with Gasteiger partial charge in [-0.3, -0.25) is 4.90 Å². The Balaban J connectivity index is 2.32. The average Bonchev–Trinajstić information content (AvgIpc) is 2.69. The van der Waals surface area contributed by atoms with Gasteiger partial charge >= 0.3 is 0 Å². The third kappa shape index (κ3) is 1.69. The molecule has 2 aliphatic rings. The fraction of sp³-hybridized carbons (Fsp3) is 1.00. The first-order chi connectivity index (χ1) is 7.33. The number of hydrogen-bond donors (Lipinski definition) is 1. The Morgan fingerprint density at radius 2 is 1.69 bits per heavy atom. The summed E-state index contributed by atoms with van der Waals surface area (Å²) in [5.74, 6) is 0. The zero-order chi connectivity index (χ0) is 12.0. The summed E-state index contributed by atoms with van der Waals surface area (Å²) in [6, 6.07) is 0. The summed E-state index contributed by atoms with van der Waals surface area (Å²) < 4.78 is 6.23. The molecule has 2 heterocycles. The molecule has 0 aliphatic carbocycles. The maximum atomic E-state index is 6.23. The highest BCUT2D eigenvalue weighted by molar-refractivity contribution is 5.13. The van der Waals surface area contributed by atoms with Crippen molar-refractivity contribution >= 4 is 0 Å². The first-order valence-electron chi connectivity index (χ1n) is 6.48. The summed E-state index contributed by atoms with van der Waals surface area (Å²) in [7, 11) is 0. The van der Waals surface area contributed by atoms with Crippen LogP contribution in [0.2, 0.25) is 0 Å². The van der Waals surface area contributed by atoms with E-state index in [0.717, 1.165) is 6.42 Å². The predicted molar refractivity (Wildman–Crippen MR) is 66.5 cm³/mol. The van der Waals surface area contributed by atoms with Crippen LogP contribution in [0.5, 0.6) is 0 Å². The highest BCUT2D eigenvalue weighted by Crippen LogP contribution is 2.48. The van der Waals surface area contributed by atoms with Gasteiger partial charge in [-0.1, -0.05) is 0 Å². The summed E-state index contributed by atoms with van der Waals surface area (Å²) in [5, 5.41) is 0. The van der Waals surface area contributed by atoms with Gasteiger partial charge in [-0.25, -0.2) is 0 Å². The van der Waals surface area contributed by atoms with Crippen LogP contribution in [0.25, 0.3) is 0 Å². The molecule has 0 aromatic rings. The molecule has 1 unspecified atom stereocenters. The van der Waals surface area contributed by atoms with Crippen molar-refractivity contribution < 1.29 is 4.74 Å². The van der Waals surface area contributed by atoms with Crippen LogP contribution in [0.1, 0.15) is 47.0 Å². The molecule has 0 bridgehead atoms. The number of nitrogens with zero attached hydrogens (tertiary/aromatic N) is 1. The molecule has 3 heteroatoms. The SMILES string of the molecule is CC1(C)CC(CN)(N2CCCC2)C(C)(C)O1. The van der Waals surface area contributed by atoms with E-state index in [0.29, 0.717) is 6.54 Å². The van der Waals surface area contributed by atoms with Gasteiger partial charge in [0.05, 0.1) is 16.7 Å². The van der Waals surface area contributed by atoms with E-state index in [-0.39, 0.29) is 16.7 Å². The molecule has 2 aliphatic heterocycles. The Bertz CT molecular complexity index is 269. The number of hydrogen-bond acceptors (Lipinski definition) is 3. The first kappa shape index (κ1) is 12.3. The summed E-state index contributed by atoms with van der Waals surface area (Å²) >= 11 is 0. The lowest BCUT2D eigenvalue weighted by Crippen LogP contribution is -2.62. The van der Waals surface area contributed by atoms with E-state index in [1.165, 1.54) is 25.9 Å². The van der Waals surface area contributed by atoms with Crippen LogP contribution in [0.3, 0.4) is 0 Å². The molecule has 0 aromatic heterocycles. The second-order valence-electron chi connectivity index (χ2n) is 6.48. The van der Waals surface area contributed by atoms with E-state index in [2.05, 4.69) is 32.6 Å². The van der Waals surface area contributed by atoms with Crippen molar-refractivity contribution in [3.8, 4) is 0 Å². The van der Waals surface area contributed by atoms with Crippen molar-refractivity contribution in [1.29, 1.82) is 0 Å². The molecule has 2 rings (SSSR count). The van der Waals surface area contributed by atoms with Gasteiger partial charge in [0.2, 0.25) is 0 Å². The van der Waals surface area contributed by atoms with Crippen molar-refractivity contribution in [3.05, 3.63) is 0 Å². The Morgan fingerprint density at radius 1 is 1.12 bits per heavy atom. The highest BCUT2D eigenvalue weighted by Gasteiger charge is 2.59. The average molecular weight is 226 g/mol. The fourth-order valence-corrected chi connectivity index (χ4v) is 3.82. The Morgan fingerprint density at radius 3 is 2.06 bits per heavy atom.